The fraction of sp³-hybridized carbons (Fsp3) is 0.278. The number of nitrogens with one attached hydrogen (secondary N) is 1. The second-order valence-corrected chi connectivity index (χ2v) is 6.19. The topological polar surface area (TPSA) is 38.3 Å². The molecule has 0 fully saturated rings. The molecule has 0 aliphatic heterocycles. The number of aryl methyl sites for hydroxylation is 2. The molecule has 0 saturated heterocycles. The molecule has 0 spiro atoms. The predicted octanol–water partition coefficient (Wildman–Crippen LogP) is 4.05. The summed E-state index contributed by atoms with van der Waals surface area (Å²) in [6.45, 7) is 4.62. The molecule has 2 aromatic rings. The van der Waals surface area contributed by atoms with E-state index < -0.39 is 0 Å². The fourth-order valence-corrected chi connectivity index (χ4v) is 2.56. The smallest absolute Gasteiger partial charge is 0.234 e. The number of carbonyl (C=O) groups is 1. The third-order valence-electron chi connectivity index (χ3n) is 3.14. The molecule has 1 amide bonds. The van der Waals surface area contributed by atoms with Crippen LogP contribution < -0.4 is 10.1 Å². The van der Waals surface area contributed by atoms with Crippen molar-refractivity contribution in [1.82, 2.24) is 0 Å². The van der Waals surface area contributed by atoms with Crippen molar-refractivity contribution in [2.24, 2.45) is 0 Å². The predicted molar refractivity (Wildman–Crippen MR) is 93.8 cm³/mol. The van der Waals surface area contributed by atoms with Crippen LogP contribution in [0.2, 0.25) is 0 Å². The van der Waals surface area contributed by atoms with E-state index in [1.807, 2.05) is 62.4 Å². The number of amides is 1. The zero-order valence-electron chi connectivity index (χ0n) is 13.0. The molecule has 0 aliphatic carbocycles. The van der Waals surface area contributed by atoms with Gasteiger partial charge in [0, 0.05) is 11.4 Å². The monoisotopic (exact) mass is 315 g/mol. The Kier molecular flexibility index (Phi) is 6.34. The zero-order chi connectivity index (χ0) is 15.8. The first-order valence-corrected chi connectivity index (χ1v) is 8.43. The Bertz CT molecular complexity index is 614. The molecule has 0 heterocycles. The van der Waals surface area contributed by atoms with Gasteiger partial charge in [-0.2, -0.15) is 0 Å². The van der Waals surface area contributed by atoms with E-state index in [0.717, 1.165) is 28.3 Å². The van der Waals surface area contributed by atoms with Crippen LogP contribution in [0.1, 0.15) is 11.1 Å². The molecular formula is C18H21NO2S. The first-order valence-electron chi connectivity index (χ1n) is 7.28. The maximum absolute atomic E-state index is 11.9. The Balaban J connectivity index is 1.66. The number of hydrogen-bond acceptors (Lipinski definition) is 3. The van der Waals surface area contributed by atoms with Crippen molar-refractivity contribution in [3.05, 3.63) is 59.7 Å². The lowest BCUT2D eigenvalue weighted by Gasteiger charge is -2.09. The van der Waals surface area contributed by atoms with Crippen LogP contribution in [0.25, 0.3) is 0 Å². The molecule has 0 bridgehead atoms. The summed E-state index contributed by atoms with van der Waals surface area (Å²) in [6, 6.07) is 15.8. The molecular weight excluding hydrogens is 294 g/mol. The quantitative estimate of drug-likeness (QED) is 0.783. The van der Waals surface area contributed by atoms with Crippen LogP contribution in [-0.2, 0) is 4.79 Å². The van der Waals surface area contributed by atoms with E-state index in [2.05, 4.69) is 5.32 Å². The van der Waals surface area contributed by atoms with E-state index in [1.165, 1.54) is 0 Å². The zero-order valence-corrected chi connectivity index (χ0v) is 13.8. The van der Waals surface area contributed by atoms with Gasteiger partial charge in [-0.1, -0.05) is 30.3 Å². The maximum atomic E-state index is 11.9. The summed E-state index contributed by atoms with van der Waals surface area (Å²) < 4.78 is 5.59. The minimum Gasteiger partial charge on any atom is -0.493 e. The number of anilines is 1. The number of ether oxygens (including phenoxy) is 1. The van der Waals surface area contributed by atoms with Crippen molar-refractivity contribution in [1.29, 1.82) is 0 Å². The van der Waals surface area contributed by atoms with Gasteiger partial charge in [0.2, 0.25) is 5.91 Å². The average Bonchev–Trinajstić information content (AvgIpc) is 2.51. The van der Waals surface area contributed by atoms with Crippen LogP contribution in [0.15, 0.2) is 48.5 Å². The van der Waals surface area contributed by atoms with Crippen molar-refractivity contribution in [2.45, 2.75) is 13.8 Å². The van der Waals surface area contributed by atoms with Crippen LogP contribution >= 0.6 is 11.8 Å². The van der Waals surface area contributed by atoms with E-state index in [-0.39, 0.29) is 5.91 Å². The molecule has 0 aliphatic rings. The molecule has 0 radical (unpaired) electrons. The average molecular weight is 315 g/mol. The van der Waals surface area contributed by atoms with E-state index in [4.69, 9.17) is 4.74 Å². The van der Waals surface area contributed by atoms with Gasteiger partial charge >= 0.3 is 0 Å². The summed E-state index contributed by atoms with van der Waals surface area (Å²) in [5.41, 5.74) is 3.12. The molecule has 1 N–H and O–H groups in total. The molecule has 22 heavy (non-hydrogen) atoms. The van der Waals surface area contributed by atoms with Gasteiger partial charge < -0.3 is 10.1 Å². The molecule has 0 saturated carbocycles. The summed E-state index contributed by atoms with van der Waals surface area (Å²) in [4.78, 5) is 11.9. The number of rotatable bonds is 7. The van der Waals surface area contributed by atoms with Crippen LogP contribution in [-0.4, -0.2) is 24.0 Å². The summed E-state index contributed by atoms with van der Waals surface area (Å²) in [5.74, 6) is 2.11. The summed E-state index contributed by atoms with van der Waals surface area (Å²) in [5, 5.41) is 2.96. The maximum Gasteiger partial charge on any atom is 0.234 e. The van der Waals surface area contributed by atoms with Gasteiger partial charge in [-0.3, -0.25) is 4.79 Å². The highest BCUT2D eigenvalue weighted by Crippen LogP contribution is 2.17. The lowest BCUT2D eigenvalue weighted by molar-refractivity contribution is -0.113. The van der Waals surface area contributed by atoms with Gasteiger partial charge in [-0.25, -0.2) is 0 Å². The van der Waals surface area contributed by atoms with Crippen molar-refractivity contribution < 1.29 is 9.53 Å². The van der Waals surface area contributed by atoms with E-state index in [1.54, 1.807) is 11.8 Å². The number of para-hydroxylation sites is 1. The third kappa shape index (κ3) is 5.45. The van der Waals surface area contributed by atoms with Crippen molar-refractivity contribution >= 4 is 23.4 Å². The van der Waals surface area contributed by atoms with Crippen LogP contribution in [0.4, 0.5) is 5.69 Å². The second-order valence-electron chi connectivity index (χ2n) is 5.08. The third-order valence-corrected chi connectivity index (χ3v) is 4.06. The largest absolute Gasteiger partial charge is 0.493 e. The summed E-state index contributed by atoms with van der Waals surface area (Å²) in [7, 11) is 0. The number of hydrogen-bond donors (Lipinski definition) is 1. The lowest BCUT2D eigenvalue weighted by Crippen LogP contribution is -2.16. The first-order chi connectivity index (χ1) is 10.6. The van der Waals surface area contributed by atoms with Crippen LogP contribution in [0.3, 0.4) is 0 Å². The van der Waals surface area contributed by atoms with Gasteiger partial charge in [0.15, 0.2) is 0 Å². The Morgan fingerprint density at radius 1 is 1.14 bits per heavy atom. The van der Waals surface area contributed by atoms with Gasteiger partial charge in [0.1, 0.15) is 5.75 Å². The Morgan fingerprint density at radius 3 is 2.68 bits per heavy atom. The first kappa shape index (κ1) is 16.4. The molecule has 2 aromatic carbocycles. The number of carbonyl (C=O) groups excluding carboxylic acids is 1. The van der Waals surface area contributed by atoms with E-state index in [0.29, 0.717) is 12.4 Å². The fourth-order valence-electron chi connectivity index (χ4n) is 1.96. The molecule has 3 nitrogen and oxygen atoms in total. The molecule has 2 rings (SSSR count). The normalized spacial score (nSPS) is 10.3. The van der Waals surface area contributed by atoms with Gasteiger partial charge in [0.05, 0.1) is 12.4 Å². The Labute approximate surface area is 136 Å². The number of benzene rings is 2. The van der Waals surface area contributed by atoms with Crippen LogP contribution in [0, 0.1) is 13.8 Å². The highest BCUT2D eigenvalue weighted by molar-refractivity contribution is 7.99. The summed E-state index contributed by atoms with van der Waals surface area (Å²) in [6.07, 6.45) is 0. The molecule has 0 atom stereocenters. The molecule has 0 aromatic heterocycles. The standard InChI is InChI=1S/C18H21NO2S/c1-14-8-9-15(2)17(12-14)19-18(20)13-22-11-10-21-16-6-4-3-5-7-16/h3-9,12H,10-11,13H2,1-2H3,(H,19,20). The van der Waals surface area contributed by atoms with Gasteiger partial charge in [-0.15, -0.1) is 11.8 Å². The SMILES string of the molecule is Cc1ccc(C)c(NC(=O)CSCCOc2ccccc2)c1. The van der Waals surface area contributed by atoms with E-state index in [9.17, 15) is 4.79 Å². The van der Waals surface area contributed by atoms with Crippen molar-refractivity contribution in [3.63, 3.8) is 0 Å². The molecule has 0 unspecified atom stereocenters. The minimum absolute atomic E-state index is 0.0263. The summed E-state index contributed by atoms with van der Waals surface area (Å²) >= 11 is 1.57. The van der Waals surface area contributed by atoms with Gasteiger partial charge in [-0.05, 0) is 43.2 Å². The lowest BCUT2D eigenvalue weighted by atomic mass is 10.1. The van der Waals surface area contributed by atoms with Gasteiger partial charge in [0.25, 0.3) is 0 Å². The Hall–Kier alpha value is -1.94. The highest BCUT2D eigenvalue weighted by atomic mass is 32.2. The molecule has 4 heteroatoms. The van der Waals surface area contributed by atoms with Crippen molar-refractivity contribution in [3.8, 4) is 5.75 Å². The Morgan fingerprint density at radius 2 is 1.91 bits per heavy atom. The van der Waals surface area contributed by atoms with E-state index >= 15 is 0 Å². The number of thioether (sulfide) groups is 1. The van der Waals surface area contributed by atoms with Crippen molar-refractivity contribution in [2.75, 3.05) is 23.4 Å². The second kappa shape index (κ2) is 8.49. The highest BCUT2D eigenvalue weighted by Gasteiger charge is 2.05. The minimum atomic E-state index is 0.0263. The molecule has 116 valence electrons. The van der Waals surface area contributed by atoms with Crippen LogP contribution in [0.5, 0.6) is 5.75 Å².